The Hall–Kier alpha value is -0.900. The van der Waals surface area contributed by atoms with E-state index in [-0.39, 0.29) is 6.10 Å². The summed E-state index contributed by atoms with van der Waals surface area (Å²) in [7, 11) is 0. The van der Waals surface area contributed by atoms with Crippen molar-refractivity contribution in [3.63, 3.8) is 0 Å². The Morgan fingerprint density at radius 1 is 0.950 bits per heavy atom. The molecule has 0 spiro atoms. The monoisotopic (exact) mass is 279 g/mol. The standard InChI is InChI=1S/C17H29NO2/c19-14-8-3-1-2-7-11-17(20)15-18-13-12-16-9-5-4-6-10-16/h4-6,9-10,17-20H,1-3,7-8,11-15H2. The molecule has 0 aliphatic rings. The zero-order valence-corrected chi connectivity index (χ0v) is 12.4. The van der Waals surface area contributed by atoms with E-state index in [1.807, 2.05) is 6.07 Å². The second kappa shape index (κ2) is 11.9. The Morgan fingerprint density at radius 3 is 2.40 bits per heavy atom. The summed E-state index contributed by atoms with van der Waals surface area (Å²) in [5.41, 5.74) is 1.33. The fourth-order valence-corrected chi connectivity index (χ4v) is 2.27. The average molecular weight is 279 g/mol. The highest BCUT2D eigenvalue weighted by Gasteiger charge is 2.03. The lowest BCUT2D eigenvalue weighted by Crippen LogP contribution is -2.28. The summed E-state index contributed by atoms with van der Waals surface area (Å²) in [4.78, 5) is 0. The Kier molecular flexibility index (Phi) is 10.2. The molecule has 0 aromatic heterocycles. The van der Waals surface area contributed by atoms with Gasteiger partial charge in [0.25, 0.3) is 0 Å². The fourth-order valence-electron chi connectivity index (χ4n) is 2.27. The van der Waals surface area contributed by atoms with Crippen LogP contribution in [0.25, 0.3) is 0 Å². The molecule has 1 atom stereocenters. The predicted molar refractivity (Wildman–Crippen MR) is 83.8 cm³/mol. The van der Waals surface area contributed by atoms with Gasteiger partial charge in [-0.1, -0.05) is 56.0 Å². The molecule has 0 amide bonds. The van der Waals surface area contributed by atoms with Gasteiger partial charge in [0, 0.05) is 13.2 Å². The first-order valence-electron chi connectivity index (χ1n) is 7.86. The summed E-state index contributed by atoms with van der Waals surface area (Å²) in [5.74, 6) is 0. The van der Waals surface area contributed by atoms with Crippen molar-refractivity contribution in [3.05, 3.63) is 35.9 Å². The van der Waals surface area contributed by atoms with E-state index in [2.05, 4.69) is 29.6 Å². The maximum atomic E-state index is 9.85. The van der Waals surface area contributed by atoms with Crippen LogP contribution < -0.4 is 5.32 Å². The van der Waals surface area contributed by atoms with Gasteiger partial charge in [0.05, 0.1) is 6.10 Å². The van der Waals surface area contributed by atoms with Crippen LogP contribution in [0.2, 0.25) is 0 Å². The van der Waals surface area contributed by atoms with E-state index < -0.39 is 0 Å². The predicted octanol–water partition coefficient (Wildman–Crippen LogP) is 2.51. The minimum atomic E-state index is -0.233. The summed E-state index contributed by atoms with van der Waals surface area (Å²) in [6.45, 7) is 1.90. The molecule has 1 unspecified atom stereocenters. The topological polar surface area (TPSA) is 52.5 Å². The molecule has 0 saturated carbocycles. The first kappa shape index (κ1) is 17.2. The van der Waals surface area contributed by atoms with Crippen LogP contribution in [0.3, 0.4) is 0 Å². The molecule has 114 valence electrons. The first-order chi connectivity index (χ1) is 9.83. The molecule has 0 saturated heterocycles. The van der Waals surface area contributed by atoms with E-state index in [9.17, 15) is 5.11 Å². The zero-order chi connectivity index (χ0) is 14.5. The lowest BCUT2D eigenvalue weighted by Gasteiger charge is -2.11. The minimum absolute atomic E-state index is 0.233. The van der Waals surface area contributed by atoms with Crippen molar-refractivity contribution in [2.45, 2.75) is 51.0 Å². The molecule has 3 nitrogen and oxygen atoms in total. The van der Waals surface area contributed by atoms with Gasteiger partial charge in [0.15, 0.2) is 0 Å². The van der Waals surface area contributed by atoms with Gasteiger partial charge in [-0.3, -0.25) is 0 Å². The number of aliphatic hydroxyl groups excluding tert-OH is 2. The van der Waals surface area contributed by atoms with Crippen molar-refractivity contribution in [3.8, 4) is 0 Å². The Balaban J connectivity index is 1.91. The SMILES string of the molecule is OCCCCCCCC(O)CNCCc1ccccc1. The van der Waals surface area contributed by atoms with Gasteiger partial charge in [-0.15, -0.1) is 0 Å². The minimum Gasteiger partial charge on any atom is -0.396 e. The number of hydrogen-bond donors (Lipinski definition) is 3. The van der Waals surface area contributed by atoms with Gasteiger partial charge < -0.3 is 15.5 Å². The van der Waals surface area contributed by atoms with Crippen LogP contribution in [-0.2, 0) is 6.42 Å². The molecule has 0 aliphatic carbocycles. The van der Waals surface area contributed by atoms with E-state index in [1.165, 1.54) is 5.56 Å². The molecule has 1 aromatic rings. The van der Waals surface area contributed by atoms with E-state index in [0.29, 0.717) is 13.2 Å². The van der Waals surface area contributed by atoms with Crippen molar-refractivity contribution in [2.75, 3.05) is 19.7 Å². The summed E-state index contributed by atoms with van der Waals surface area (Å²) < 4.78 is 0. The lowest BCUT2D eigenvalue weighted by molar-refractivity contribution is 0.158. The fraction of sp³-hybridized carbons (Fsp3) is 0.647. The van der Waals surface area contributed by atoms with Crippen LogP contribution >= 0.6 is 0 Å². The van der Waals surface area contributed by atoms with Crippen molar-refractivity contribution < 1.29 is 10.2 Å². The van der Waals surface area contributed by atoms with Crippen LogP contribution in [0.15, 0.2) is 30.3 Å². The van der Waals surface area contributed by atoms with Crippen LogP contribution in [-0.4, -0.2) is 36.0 Å². The summed E-state index contributed by atoms with van der Waals surface area (Å²) >= 11 is 0. The molecule has 3 N–H and O–H groups in total. The third-order valence-electron chi connectivity index (χ3n) is 3.51. The van der Waals surface area contributed by atoms with Crippen molar-refractivity contribution in [2.24, 2.45) is 0 Å². The quantitative estimate of drug-likeness (QED) is 0.515. The molecule has 0 aliphatic heterocycles. The van der Waals surface area contributed by atoms with E-state index in [4.69, 9.17) is 5.11 Å². The zero-order valence-electron chi connectivity index (χ0n) is 12.4. The Labute approximate surface area is 123 Å². The van der Waals surface area contributed by atoms with Crippen molar-refractivity contribution in [1.29, 1.82) is 0 Å². The first-order valence-corrected chi connectivity index (χ1v) is 7.86. The van der Waals surface area contributed by atoms with Gasteiger partial charge in [0.1, 0.15) is 0 Å². The van der Waals surface area contributed by atoms with Gasteiger partial charge >= 0.3 is 0 Å². The highest BCUT2D eigenvalue weighted by molar-refractivity contribution is 5.14. The number of unbranched alkanes of at least 4 members (excludes halogenated alkanes) is 4. The molecule has 3 heteroatoms. The second-order valence-electron chi connectivity index (χ2n) is 5.37. The molecule has 0 radical (unpaired) electrons. The lowest BCUT2D eigenvalue weighted by atomic mass is 10.1. The third kappa shape index (κ3) is 9.08. The number of benzene rings is 1. The molecule has 1 aromatic carbocycles. The van der Waals surface area contributed by atoms with Crippen LogP contribution in [0.5, 0.6) is 0 Å². The van der Waals surface area contributed by atoms with Crippen molar-refractivity contribution >= 4 is 0 Å². The highest BCUT2D eigenvalue weighted by atomic mass is 16.3. The third-order valence-corrected chi connectivity index (χ3v) is 3.51. The normalized spacial score (nSPS) is 12.5. The molecule has 0 bridgehead atoms. The smallest absolute Gasteiger partial charge is 0.0664 e. The van der Waals surface area contributed by atoms with Gasteiger partial charge in [-0.05, 0) is 31.4 Å². The van der Waals surface area contributed by atoms with E-state index >= 15 is 0 Å². The van der Waals surface area contributed by atoms with Crippen LogP contribution in [0.4, 0.5) is 0 Å². The number of aliphatic hydroxyl groups is 2. The number of hydrogen-bond acceptors (Lipinski definition) is 3. The van der Waals surface area contributed by atoms with Crippen molar-refractivity contribution in [1.82, 2.24) is 5.32 Å². The summed E-state index contributed by atoms with van der Waals surface area (Å²) in [6.07, 6.45) is 7.05. The van der Waals surface area contributed by atoms with E-state index in [1.54, 1.807) is 0 Å². The maximum absolute atomic E-state index is 9.85. The molecule has 20 heavy (non-hydrogen) atoms. The maximum Gasteiger partial charge on any atom is 0.0664 e. The molecule has 0 heterocycles. The largest absolute Gasteiger partial charge is 0.396 e. The molecule has 1 rings (SSSR count). The van der Waals surface area contributed by atoms with Gasteiger partial charge in [-0.2, -0.15) is 0 Å². The molecular formula is C17H29NO2. The highest BCUT2D eigenvalue weighted by Crippen LogP contribution is 2.07. The van der Waals surface area contributed by atoms with E-state index in [0.717, 1.165) is 51.5 Å². The molecule has 0 fully saturated rings. The van der Waals surface area contributed by atoms with Crippen LogP contribution in [0, 0.1) is 0 Å². The number of nitrogens with one attached hydrogen (secondary N) is 1. The molecular weight excluding hydrogens is 250 g/mol. The van der Waals surface area contributed by atoms with Crippen LogP contribution in [0.1, 0.15) is 44.1 Å². The summed E-state index contributed by atoms with van der Waals surface area (Å²) in [5, 5.41) is 21.8. The Morgan fingerprint density at radius 2 is 1.65 bits per heavy atom. The van der Waals surface area contributed by atoms with Gasteiger partial charge in [-0.25, -0.2) is 0 Å². The average Bonchev–Trinajstić information content (AvgIpc) is 2.48. The summed E-state index contributed by atoms with van der Waals surface area (Å²) in [6, 6.07) is 10.4. The second-order valence-corrected chi connectivity index (χ2v) is 5.37. The number of rotatable bonds is 12. The Bertz CT molecular complexity index is 316. The van der Waals surface area contributed by atoms with Gasteiger partial charge in [0.2, 0.25) is 0 Å².